The van der Waals surface area contributed by atoms with Crippen molar-refractivity contribution in [3.05, 3.63) is 42.0 Å². The van der Waals surface area contributed by atoms with E-state index in [1.165, 1.54) is 29.4 Å². The number of aryl methyl sites for hydroxylation is 1. The first-order chi connectivity index (χ1) is 20.8. The van der Waals surface area contributed by atoms with Crippen molar-refractivity contribution < 1.29 is 14.6 Å². The maximum atomic E-state index is 13.7. The standard InChI is InChI=1S/C34H40N6O3/c1-37-31-25(9-22(11-29(31)43-2)33(42)40-16-21-6-8-26(40)30(21)35)36-32(37)28-10-20-5-7-23(12-27(20)39(28)15-19-3-4-19)38-17-34(18-38)13-24(41)14-34/h5,7,9-12,19,21,24,26,30,41H,3-4,6,8,13-18,35H2,1-2H3/t21?,26?,30-/m1/s1. The summed E-state index contributed by atoms with van der Waals surface area (Å²) in [6, 6.07) is 13.1. The van der Waals surface area contributed by atoms with Crippen LogP contribution in [0.1, 0.15) is 48.9 Å². The largest absolute Gasteiger partial charge is 0.494 e. The summed E-state index contributed by atoms with van der Waals surface area (Å²) >= 11 is 0. The molecule has 4 heterocycles. The van der Waals surface area contributed by atoms with E-state index in [1.807, 2.05) is 24.1 Å². The highest BCUT2D eigenvalue weighted by atomic mass is 16.5. The van der Waals surface area contributed by atoms with Gasteiger partial charge in [0.25, 0.3) is 5.91 Å². The molecule has 2 aromatic heterocycles. The lowest BCUT2D eigenvalue weighted by Crippen LogP contribution is -2.63. The van der Waals surface area contributed by atoms with E-state index in [-0.39, 0.29) is 24.1 Å². The minimum atomic E-state index is -0.113. The molecule has 43 heavy (non-hydrogen) atoms. The molecule has 1 spiro atoms. The van der Waals surface area contributed by atoms with Gasteiger partial charge in [0, 0.05) is 67.4 Å². The highest BCUT2D eigenvalue weighted by molar-refractivity contribution is 6.00. The number of nitrogens with two attached hydrogens (primary N) is 1. The predicted octanol–water partition coefficient (Wildman–Crippen LogP) is 4.14. The van der Waals surface area contributed by atoms with Gasteiger partial charge in [0.05, 0.1) is 29.9 Å². The minimum absolute atomic E-state index is 0.0228. The molecule has 224 valence electrons. The first-order valence-corrected chi connectivity index (χ1v) is 16.0. The van der Waals surface area contributed by atoms with Crippen molar-refractivity contribution in [3.63, 3.8) is 0 Å². The van der Waals surface area contributed by atoms with Crippen LogP contribution in [0.4, 0.5) is 5.69 Å². The Morgan fingerprint density at radius 1 is 1.12 bits per heavy atom. The number of aliphatic hydroxyl groups is 1. The van der Waals surface area contributed by atoms with Gasteiger partial charge in [0.2, 0.25) is 0 Å². The molecule has 5 aliphatic rings. The molecule has 2 aromatic carbocycles. The van der Waals surface area contributed by atoms with Gasteiger partial charge >= 0.3 is 0 Å². The van der Waals surface area contributed by atoms with Crippen molar-refractivity contribution in [3.8, 4) is 17.3 Å². The summed E-state index contributed by atoms with van der Waals surface area (Å²) in [7, 11) is 3.71. The molecule has 3 aliphatic carbocycles. The summed E-state index contributed by atoms with van der Waals surface area (Å²) in [4.78, 5) is 23.3. The lowest BCUT2D eigenvalue weighted by atomic mass is 9.62. The normalized spacial score (nSPS) is 26.1. The zero-order valence-electron chi connectivity index (χ0n) is 25.0. The Kier molecular flexibility index (Phi) is 5.41. The Labute approximate surface area is 251 Å². The third-order valence-corrected chi connectivity index (χ3v) is 11.3. The van der Waals surface area contributed by atoms with Crippen LogP contribution in [0.3, 0.4) is 0 Å². The summed E-state index contributed by atoms with van der Waals surface area (Å²) < 4.78 is 10.5. The second-order valence-corrected chi connectivity index (χ2v) is 14.2. The van der Waals surface area contributed by atoms with Crippen LogP contribution in [0.2, 0.25) is 0 Å². The summed E-state index contributed by atoms with van der Waals surface area (Å²) in [6.07, 6.45) is 6.38. The summed E-state index contributed by atoms with van der Waals surface area (Å²) in [5, 5.41) is 11.1. The topological polar surface area (TPSA) is 102 Å². The molecule has 2 aliphatic heterocycles. The number of aromatic nitrogens is 3. The Morgan fingerprint density at radius 2 is 1.93 bits per heavy atom. The van der Waals surface area contributed by atoms with E-state index in [4.69, 9.17) is 15.5 Å². The molecule has 2 bridgehead atoms. The van der Waals surface area contributed by atoms with Gasteiger partial charge in [0.1, 0.15) is 11.3 Å². The molecule has 2 unspecified atom stereocenters. The number of rotatable bonds is 6. The molecule has 9 nitrogen and oxygen atoms in total. The highest BCUT2D eigenvalue weighted by Crippen LogP contribution is 2.50. The first-order valence-electron chi connectivity index (χ1n) is 16.0. The van der Waals surface area contributed by atoms with Crippen molar-refractivity contribution in [2.45, 2.75) is 63.3 Å². The fourth-order valence-corrected chi connectivity index (χ4v) is 8.79. The molecular formula is C34H40N6O3. The zero-order valence-corrected chi connectivity index (χ0v) is 25.0. The van der Waals surface area contributed by atoms with E-state index in [9.17, 15) is 9.90 Å². The van der Waals surface area contributed by atoms with E-state index < -0.39 is 0 Å². The molecule has 9 rings (SSSR count). The van der Waals surface area contributed by atoms with Gasteiger partial charge in [-0.05, 0) is 80.7 Å². The fraction of sp³-hybridized carbons (Fsp3) is 0.529. The average molecular weight is 581 g/mol. The SMILES string of the molecule is COc1cc(C(=O)N2CC3CCC2[C@@H]3N)cc2nc(-c3cc4ccc(N5CC6(CC(O)C6)C5)cc4n3CC3CC3)n(C)c12. The van der Waals surface area contributed by atoms with E-state index in [2.05, 4.69) is 38.3 Å². The second kappa shape index (κ2) is 8.99. The number of aliphatic hydroxyl groups excluding tert-OH is 1. The van der Waals surface area contributed by atoms with Crippen LogP contribution < -0.4 is 15.4 Å². The smallest absolute Gasteiger partial charge is 0.254 e. The quantitative estimate of drug-likeness (QED) is 0.356. The zero-order chi connectivity index (χ0) is 29.2. The van der Waals surface area contributed by atoms with Gasteiger partial charge < -0.3 is 34.5 Å². The Balaban J connectivity index is 1.10. The number of amides is 1. The van der Waals surface area contributed by atoms with Gasteiger partial charge in [-0.25, -0.2) is 4.98 Å². The van der Waals surface area contributed by atoms with Crippen LogP contribution in [0.25, 0.3) is 33.5 Å². The Morgan fingerprint density at radius 3 is 2.60 bits per heavy atom. The number of benzene rings is 2. The lowest BCUT2D eigenvalue weighted by Gasteiger charge is -2.58. The number of carbonyl (C=O) groups is 1. The maximum absolute atomic E-state index is 13.7. The molecule has 1 amide bonds. The van der Waals surface area contributed by atoms with Crippen LogP contribution in [-0.2, 0) is 13.6 Å². The lowest BCUT2D eigenvalue weighted by molar-refractivity contribution is -0.0491. The molecule has 9 heteroatoms. The number of piperidine rings is 1. The highest BCUT2D eigenvalue weighted by Gasteiger charge is 2.52. The average Bonchev–Trinajstić information content (AvgIpc) is 3.38. The maximum Gasteiger partial charge on any atom is 0.254 e. The number of methoxy groups -OCH3 is 1. The summed E-state index contributed by atoms with van der Waals surface area (Å²) in [5.41, 5.74) is 12.6. The first kappa shape index (κ1) is 25.9. The van der Waals surface area contributed by atoms with Crippen molar-refractivity contribution in [2.75, 3.05) is 31.6 Å². The summed E-state index contributed by atoms with van der Waals surface area (Å²) in [6.45, 7) is 3.77. The van der Waals surface area contributed by atoms with Crippen molar-refractivity contribution in [1.82, 2.24) is 19.0 Å². The van der Waals surface area contributed by atoms with E-state index in [0.717, 1.165) is 74.4 Å². The number of carbonyl (C=O) groups excluding carboxylic acids is 1. The van der Waals surface area contributed by atoms with E-state index in [0.29, 0.717) is 28.6 Å². The number of imidazole rings is 1. The van der Waals surface area contributed by atoms with E-state index >= 15 is 0 Å². The van der Waals surface area contributed by atoms with Crippen molar-refractivity contribution in [2.24, 2.45) is 30.0 Å². The van der Waals surface area contributed by atoms with Gasteiger partial charge in [-0.1, -0.05) is 6.07 Å². The third kappa shape index (κ3) is 3.83. The summed E-state index contributed by atoms with van der Waals surface area (Å²) in [5.74, 6) is 2.66. The molecule has 3 atom stereocenters. The fourth-order valence-electron chi connectivity index (χ4n) is 8.79. The monoisotopic (exact) mass is 580 g/mol. The second-order valence-electron chi connectivity index (χ2n) is 14.2. The molecule has 0 radical (unpaired) electrons. The number of anilines is 1. The van der Waals surface area contributed by atoms with Crippen molar-refractivity contribution >= 4 is 33.5 Å². The van der Waals surface area contributed by atoms with Crippen LogP contribution in [0, 0.1) is 17.3 Å². The van der Waals surface area contributed by atoms with Crippen LogP contribution in [0.5, 0.6) is 5.75 Å². The van der Waals surface area contributed by atoms with Crippen LogP contribution in [0.15, 0.2) is 36.4 Å². The van der Waals surface area contributed by atoms with Crippen LogP contribution in [-0.4, -0.2) is 75.0 Å². The Bertz CT molecular complexity index is 1790. The van der Waals surface area contributed by atoms with Crippen molar-refractivity contribution in [1.29, 1.82) is 0 Å². The Hall–Kier alpha value is -3.56. The predicted molar refractivity (Wildman–Crippen MR) is 166 cm³/mol. The number of hydrogen-bond acceptors (Lipinski definition) is 6. The molecule has 2 saturated heterocycles. The number of fused-ring (bicyclic) bond motifs is 4. The minimum Gasteiger partial charge on any atom is -0.494 e. The van der Waals surface area contributed by atoms with Crippen LogP contribution >= 0.6 is 0 Å². The number of nitrogens with zero attached hydrogens (tertiary/aromatic N) is 5. The molecule has 5 fully saturated rings. The number of ether oxygens (including phenoxy) is 1. The number of hydrogen-bond donors (Lipinski definition) is 2. The van der Waals surface area contributed by atoms with Gasteiger partial charge in [-0.15, -0.1) is 0 Å². The number of likely N-dealkylation sites (tertiary alicyclic amines) is 1. The third-order valence-electron chi connectivity index (χ3n) is 11.3. The molecule has 3 saturated carbocycles. The van der Waals surface area contributed by atoms with Gasteiger partial charge in [-0.2, -0.15) is 0 Å². The molecule has 4 aromatic rings. The van der Waals surface area contributed by atoms with Gasteiger partial charge in [0.15, 0.2) is 5.82 Å². The molecular weight excluding hydrogens is 540 g/mol. The molecule has 3 N–H and O–H groups in total. The van der Waals surface area contributed by atoms with Gasteiger partial charge in [-0.3, -0.25) is 4.79 Å². The van der Waals surface area contributed by atoms with E-state index in [1.54, 1.807) is 7.11 Å².